The summed E-state index contributed by atoms with van der Waals surface area (Å²) in [5.74, 6) is 0.839. The van der Waals surface area contributed by atoms with Gasteiger partial charge >= 0.3 is 17.9 Å². The minimum Gasteiger partial charge on any atom is -0.462 e. The maximum atomic E-state index is 12.7. The van der Waals surface area contributed by atoms with Crippen LogP contribution in [0.2, 0.25) is 0 Å². The van der Waals surface area contributed by atoms with Crippen LogP contribution in [0.4, 0.5) is 0 Å². The van der Waals surface area contributed by atoms with Crippen LogP contribution in [0.15, 0.2) is 0 Å². The molecule has 0 bridgehead atoms. The van der Waals surface area contributed by atoms with E-state index in [1.54, 1.807) is 0 Å². The van der Waals surface area contributed by atoms with Crippen molar-refractivity contribution in [3.8, 4) is 0 Å². The second-order valence-corrected chi connectivity index (χ2v) is 17.6. The molecule has 0 aliphatic rings. The van der Waals surface area contributed by atoms with Gasteiger partial charge in [-0.15, -0.1) is 0 Å². The highest BCUT2D eigenvalue weighted by atomic mass is 16.6. The van der Waals surface area contributed by atoms with Crippen molar-refractivity contribution in [2.75, 3.05) is 13.2 Å². The molecule has 0 radical (unpaired) electrons. The number of ether oxygens (including phenoxy) is 3. The molecule has 3 atom stereocenters. The van der Waals surface area contributed by atoms with Gasteiger partial charge < -0.3 is 14.2 Å². The summed E-state index contributed by atoms with van der Waals surface area (Å²) in [7, 11) is 0. The number of unbranched alkanes of at least 4 members (excludes halogenated alkanes) is 27. The maximum absolute atomic E-state index is 12.7. The Hall–Kier alpha value is -1.59. The van der Waals surface area contributed by atoms with Gasteiger partial charge in [0.2, 0.25) is 0 Å². The van der Waals surface area contributed by atoms with Gasteiger partial charge in [0.15, 0.2) is 6.10 Å². The second-order valence-electron chi connectivity index (χ2n) is 17.6. The molecule has 56 heavy (non-hydrogen) atoms. The van der Waals surface area contributed by atoms with E-state index in [4.69, 9.17) is 14.2 Å². The first kappa shape index (κ1) is 54.4. The van der Waals surface area contributed by atoms with Gasteiger partial charge in [-0.1, -0.05) is 234 Å². The molecule has 332 valence electrons. The molecule has 2 unspecified atom stereocenters. The Labute approximate surface area is 348 Å². The van der Waals surface area contributed by atoms with Gasteiger partial charge in [-0.2, -0.15) is 0 Å². The van der Waals surface area contributed by atoms with Crippen LogP contribution in [0.3, 0.4) is 0 Å². The van der Waals surface area contributed by atoms with Crippen molar-refractivity contribution < 1.29 is 28.6 Å². The summed E-state index contributed by atoms with van der Waals surface area (Å²) in [5.41, 5.74) is 0. The predicted molar refractivity (Wildman–Crippen MR) is 238 cm³/mol. The fraction of sp³-hybridized carbons (Fsp3) is 0.940. The fourth-order valence-corrected chi connectivity index (χ4v) is 7.39. The van der Waals surface area contributed by atoms with Gasteiger partial charge in [0.25, 0.3) is 0 Å². The highest BCUT2D eigenvalue weighted by Crippen LogP contribution is 2.18. The number of hydrogen-bond acceptors (Lipinski definition) is 6. The van der Waals surface area contributed by atoms with Gasteiger partial charge in [-0.05, 0) is 31.1 Å². The minimum absolute atomic E-state index is 0.0646. The lowest BCUT2D eigenvalue weighted by atomic mass is 9.99. The number of hydrogen-bond donors (Lipinski definition) is 0. The summed E-state index contributed by atoms with van der Waals surface area (Å²) in [6.45, 7) is 11.4. The van der Waals surface area contributed by atoms with Crippen molar-refractivity contribution in [2.24, 2.45) is 11.8 Å². The first-order valence-electron chi connectivity index (χ1n) is 24.8. The van der Waals surface area contributed by atoms with E-state index in [-0.39, 0.29) is 31.1 Å². The topological polar surface area (TPSA) is 78.9 Å². The summed E-state index contributed by atoms with van der Waals surface area (Å²) in [6.07, 6.45) is 42.2. The summed E-state index contributed by atoms with van der Waals surface area (Å²) in [4.78, 5) is 37.8. The predicted octanol–water partition coefficient (Wildman–Crippen LogP) is 15.8. The van der Waals surface area contributed by atoms with E-state index in [9.17, 15) is 14.4 Å². The molecular formula is C50H96O6. The molecular weight excluding hydrogens is 697 g/mol. The molecule has 0 heterocycles. The zero-order valence-corrected chi connectivity index (χ0v) is 38.3. The van der Waals surface area contributed by atoms with Gasteiger partial charge in [0, 0.05) is 19.3 Å². The number of rotatable bonds is 44. The van der Waals surface area contributed by atoms with Crippen LogP contribution in [0.5, 0.6) is 0 Å². The molecule has 0 amide bonds. The summed E-state index contributed by atoms with van der Waals surface area (Å²) >= 11 is 0. The average molecular weight is 793 g/mol. The molecule has 0 spiro atoms. The largest absolute Gasteiger partial charge is 0.462 e. The van der Waals surface area contributed by atoms with Crippen LogP contribution < -0.4 is 0 Å². The van der Waals surface area contributed by atoms with E-state index in [1.165, 1.54) is 161 Å². The third-order valence-electron chi connectivity index (χ3n) is 11.9. The third-order valence-corrected chi connectivity index (χ3v) is 11.9. The van der Waals surface area contributed by atoms with Gasteiger partial charge in [0.05, 0.1) is 0 Å². The average Bonchev–Trinajstić information content (AvgIpc) is 3.19. The van der Waals surface area contributed by atoms with Crippen LogP contribution in [0.1, 0.15) is 272 Å². The van der Waals surface area contributed by atoms with E-state index in [2.05, 4.69) is 34.6 Å². The molecule has 6 nitrogen and oxygen atoms in total. The van der Waals surface area contributed by atoms with Gasteiger partial charge in [-0.25, -0.2) is 0 Å². The normalized spacial score (nSPS) is 13.0. The van der Waals surface area contributed by atoms with Crippen LogP contribution in [0, 0.1) is 11.8 Å². The highest BCUT2D eigenvalue weighted by molar-refractivity contribution is 5.71. The van der Waals surface area contributed by atoms with Crippen LogP contribution in [0.25, 0.3) is 0 Å². The Morgan fingerprint density at radius 3 is 0.929 bits per heavy atom. The van der Waals surface area contributed by atoms with Crippen LogP contribution in [-0.2, 0) is 28.6 Å². The quantitative estimate of drug-likeness (QED) is 0.0347. The van der Waals surface area contributed by atoms with Gasteiger partial charge in [-0.3, -0.25) is 14.4 Å². The number of carbonyl (C=O) groups excluding carboxylic acids is 3. The summed E-state index contributed by atoms with van der Waals surface area (Å²) in [6, 6.07) is 0. The van der Waals surface area contributed by atoms with Crippen molar-refractivity contribution in [2.45, 2.75) is 278 Å². The van der Waals surface area contributed by atoms with Gasteiger partial charge in [0.1, 0.15) is 13.2 Å². The smallest absolute Gasteiger partial charge is 0.306 e. The fourth-order valence-electron chi connectivity index (χ4n) is 7.39. The Balaban J connectivity index is 4.34. The molecule has 0 aromatic carbocycles. The SMILES string of the molecule is CCCCCCCCCCCCCCCCC(=O)OC[C@@H](COC(=O)CCCCCCCCCCC(C)CC)OC(=O)CCCCCCCCCCC(C)CC. The lowest BCUT2D eigenvalue weighted by Gasteiger charge is -2.18. The highest BCUT2D eigenvalue weighted by Gasteiger charge is 2.19. The Kier molecular flexibility index (Phi) is 41.8. The van der Waals surface area contributed by atoms with Crippen molar-refractivity contribution in [3.63, 3.8) is 0 Å². The van der Waals surface area contributed by atoms with Crippen molar-refractivity contribution in [3.05, 3.63) is 0 Å². The molecule has 0 aromatic rings. The zero-order chi connectivity index (χ0) is 41.2. The minimum atomic E-state index is -0.762. The van der Waals surface area contributed by atoms with E-state index in [1.807, 2.05) is 0 Å². The first-order valence-corrected chi connectivity index (χ1v) is 24.8. The monoisotopic (exact) mass is 793 g/mol. The summed E-state index contributed by atoms with van der Waals surface area (Å²) in [5, 5.41) is 0. The molecule has 0 saturated heterocycles. The Morgan fingerprint density at radius 2 is 0.625 bits per heavy atom. The van der Waals surface area contributed by atoms with Crippen LogP contribution in [-0.4, -0.2) is 37.2 Å². The molecule has 0 aromatic heterocycles. The lowest BCUT2D eigenvalue weighted by molar-refractivity contribution is -0.167. The molecule has 0 saturated carbocycles. The maximum Gasteiger partial charge on any atom is 0.306 e. The third kappa shape index (κ3) is 40.6. The number of esters is 3. The molecule has 0 N–H and O–H groups in total. The molecule has 0 aliphatic carbocycles. The van der Waals surface area contributed by atoms with Crippen molar-refractivity contribution in [1.82, 2.24) is 0 Å². The zero-order valence-electron chi connectivity index (χ0n) is 38.3. The first-order chi connectivity index (χ1) is 27.3. The van der Waals surface area contributed by atoms with Crippen molar-refractivity contribution >= 4 is 17.9 Å². The van der Waals surface area contributed by atoms with E-state index >= 15 is 0 Å². The van der Waals surface area contributed by atoms with E-state index in [0.29, 0.717) is 19.3 Å². The number of carbonyl (C=O) groups is 3. The summed E-state index contributed by atoms with van der Waals surface area (Å²) < 4.78 is 16.8. The lowest BCUT2D eigenvalue weighted by Crippen LogP contribution is -2.30. The standard InChI is InChI=1S/C50H96O6/c1-6-9-10-11-12-13-14-15-16-17-18-25-30-35-40-48(51)54-43-47(56-50(53)42-37-32-27-22-20-24-29-34-39-46(5)8-3)44-55-49(52)41-36-31-26-21-19-23-28-33-38-45(4)7-2/h45-47H,6-44H2,1-5H3/t45?,46?,47-/m0/s1. The molecule has 0 rings (SSSR count). The second kappa shape index (κ2) is 43.0. The van der Waals surface area contributed by atoms with Crippen LogP contribution >= 0.6 is 0 Å². The van der Waals surface area contributed by atoms with Crippen molar-refractivity contribution in [1.29, 1.82) is 0 Å². The van der Waals surface area contributed by atoms with E-state index in [0.717, 1.165) is 69.6 Å². The molecule has 0 aliphatic heterocycles. The Bertz CT molecular complexity index is 858. The molecule has 0 fully saturated rings. The van der Waals surface area contributed by atoms with E-state index < -0.39 is 6.10 Å². The molecule has 6 heteroatoms. The Morgan fingerprint density at radius 1 is 0.357 bits per heavy atom.